The van der Waals surface area contributed by atoms with Gasteiger partial charge in [-0.1, -0.05) is 197 Å². The van der Waals surface area contributed by atoms with Gasteiger partial charge in [-0.15, -0.1) is 0 Å². The molecule has 14 rings (SSSR count). The van der Waals surface area contributed by atoms with Gasteiger partial charge in [-0.2, -0.15) is 0 Å². The lowest BCUT2D eigenvalue weighted by molar-refractivity contribution is 0.660. The minimum atomic E-state index is -3.92. The van der Waals surface area contributed by atoms with Crippen LogP contribution in [0.25, 0.3) is 66.4 Å². The third kappa shape index (κ3) is 4.15. The summed E-state index contributed by atoms with van der Waals surface area (Å²) in [6, 6.07) is -11.6. The molecule has 2 heteroatoms. The predicted octanol–water partition coefficient (Wildman–Crippen LogP) is 16.0. The van der Waals surface area contributed by atoms with Crippen molar-refractivity contribution in [3.63, 3.8) is 0 Å². The van der Waals surface area contributed by atoms with Crippen LogP contribution in [0, 0.1) is 0 Å². The molecule has 9 aromatic carbocycles. The van der Waals surface area contributed by atoms with Crippen LogP contribution in [0.5, 0.6) is 0 Å². The van der Waals surface area contributed by atoms with E-state index in [-0.39, 0.29) is 16.7 Å². The van der Waals surface area contributed by atoms with Crippen LogP contribution in [-0.2, 0) is 16.2 Å². The van der Waals surface area contributed by atoms with Gasteiger partial charge in [-0.25, -0.2) is 0 Å². The first-order valence-corrected chi connectivity index (χ1v) is 19.9. The van der Waals surface area contributed by atoms with E-state index in [0.717, 1.165) is 11.0 Å². The smallest absolute Gasteiger partial charge is 0.159 e. The lowest BCUT2D eigenvalue weighted by Crippen LogP contribution is -2.25. The molecule has 2 nitrogen and oxygen atoms in total. The van der Waals surface area contributed by atoms with Gasteiger partial charge in [-0.05, 0) is 90.5 Å². The molecule has 1 spiro atoms. The Morgan fingerprint density at radius 3 is 1.83 bits per heavy atom. The molecule has 1 heterocycles. The van der Waals surface area contributed by atoms with Crippen molar-refractivity contribution in [2.24, 2.45) is 0 Å². The van der Waals surface area contributed by atoms with Crippen LogP contribution in [0.3, 0.4) is 0 Å². The van der Waals surface area contributed by atoms with Gasteiger partial charge in [-0.3, -0.25) is 0 Å². The van der Waals surface area contributed by atoms with Crippen LogP contribution >= 0.6 is 0 Å². The van der Waals surface area contributed by atoms with Crippen LogP contribution in [0.15, 0.2) is 192 Å². The summed E-state index contributed by atoms with van der Waals surface area (Å²) in [6.07, 6.45) is 0. The monoisotopic (exact) mass is 836 g/mol. The van der Waals surface area contributed by atoms with Crippen molar-refractivity contribution in [1.82, 2.24) is 0 Å². The molecular weight excluding hydrogens is 763 g/mol. The van der Waals surface area contributed by atoms with Crippen LogP contribution in [0.1, 0.15) is 113 Å². The Morgan fingerprint density at radius 2 is 1.00 bits per heavy atom. The Labute approximate surface area is 409 Å². The van der Waals surface area contributed by atoms with Gasteiger partial charge in [0.05, 0.1) is 55.4 Å². The quantitative estimate of drug-likeness (QED) is 0.176. The van der Waals surface area contributed by atoms with E-state index < -0.39 is 270 Å². The highest BCUT2D eigenvalue weighted by molar-refractivity contribution is 6.17. The van der Waals surface area contributed by atoms with Crippen molar-refractivity contribution in [3.05, 3.63) is 232 Å². The molecular formula is C61H43NO. The van der Waals surface area contributed by atoms with E-state index in [4.69, 9.17) is 15.4 Å². The zero-order valence-corrected chi connectivity index (χ0v) is 32.9. The SMILES string of the molecule is [2H]c1cc2c(c([2H])c1[2H])-c1c([2H])c([2H])c([2H])c([2H])c1C21c2c([2H])c([2H])c([2H])c([2H])c2-c2c1c([2H])c([2H])c1c2oc2c(N(c3c([2H])ccc4c3-c3ccccc3C4(C)C)c3c([2H])c([2H])c([2H])c4c3-c3c([2H])c([2H])c([2H])c([2H])c3C4(C([2H])([2H])[2H])C([2H])([2H])[2H])c([2H])c([2H])c([2H])c21. The lowest BCUT2D eigenvalue weighted by atomic mass is 9.70. The Hall–Kier alpha value is -7.42. The number of nitrogens with zero attached hydrogens (tertiary/aromatic N) is 1. The average molecular weight is 836 g/mol. The summed E-state index contributed by atoms with van der Waals surface area (Å²) in [6.45, 7) is -4.17. The molecule has 298 valence electrons. The molecule has 0 amide bonds. The minimum absolute atomic E-state index is 0.123. The second kappa shape index (κ2) is 11.9. The Morgan fingerprint density at radius 1 is 0.397 bits per heavy atom. The molecule has 0 saturated heterocycles. The summed E-state index contributed by atoms with van der Waals surface area (Å²) < 4.78 is 291. The van der Waals surface area contributed by atoms with Crippen LogP contribution < -0.4 is 4.90 Å². The first-order chi connectivity index (χ1) is 43.3. The van der Waals surface area contributed by atoms with Gasteiger partial charge < -0.3 is 9.32 Å². The molecule has 1 atom stereocenters. The van der Waals surface area contributed by atoms with Crippen LogP contribution in [0.2, 0.25) is 0 Å². The first-order valence-electron chi connectivity index (χ1n) is 34.9. The number of rotatable bonds is 3. The summed E-state index contributed by atoms with van der Waals surface area (Å²) in [5.74, 6) is 0. The standard InChI is InChI=1S/C61H43NO/c1-59(2)43-24-10-7-20-40(43)54-48(59)29-16-31-51(54)62(52-32-17-30-49-55(52)41-21-8-11-25-44(41)60(49,3)4)53-33-15-23-38-39-34-35-50-56(58(39)63-57(38)53)42-22-9-14-28-47(42)61(50)45-26-12-5-18-36(45)37-19-6-13-27-46(37)61/h5-35H,1-4H3/i1D3,2D3,5D,6D,7D,9D,10D,12D,13D,14D,15D,16D,18D,19D,20D,22D,23D,24D,26D,28D,29D,31D,32D,33D,34D,35D. The second-order valence-electron chi connectivity index (χ2n) is 16.4. The maximum atomic E-state index is 10.3. The number of anilines is 3. The Balaban J connectivity index is 1.26. The minimum Gasteiger partial charge on any atom is -0.453 e. The molecule has 0 saturated carbocycles. The number of hydrogen-bond donors (Lipinski definition) is 0. The van der Waals surface area contributed by atoms with Gasteiger partial charge in [0.25, 0.3) is 0 Å². The van der Waals surface area contributed by atoms with Crippen molar-refractivity contribution in [2.45, 2.75) is 43.8 Å². The van der Waals surface area contributed by atoms with Crippen molar-refractivity contribution in [1.29, 1.82) is 0 Å². The predicted molar refractivity (Wildman–Crippen MR) is 260 cm³/mol. The zero-order valence-electron chi connectivity index (χ0n) is 62.9. The summed E-state index contributed by atoms with van der Waals surface area (Å²) in [4.78, 5) is 0.888. The van der Waals surface area contributed by atoms with Gasteiger partial charge in [0.2, 0.25) is 0 Å². The molecule has 4 aliphatic rings. The third-order valence-electron chi connectivity index (χ3n) is 13.2. The van der Waals surface area contributed by atoms with Crippen molar-refractivity contribution in [3.8, 4) is 44.5 Å². The van der Waals surface area contributed by atoms with E-state index in [0.29, 0.717) is 16.7 Å². The molecule has 0 fully saturated rings. The number of hydrogen-bond acceptors (Lipinski definition) is 2. The Kier molecular flexibility index (Phi) is 3.23. The van der Waals surface area contributed by atoms with E-state index in [1.807, 2.05) is 13.8 Å². The van der Waals surface area contributed by atoms with E-state index in [2.05, 4.69) is 0 Å². The average Bonchev–Trinajstić information content (AvgIpc) is 1.49. The molecule has 1 unspecified atom stereocenters. The number of para-hydroxylation sites is 1. The fourth-order valence-corrected chi connectivity index (χ4v) is 10.6. The van der Waals surface area contributed by atoms with Crippen molar-refractivity contribution < 1.29 is 45.5 Å². The van der Waals surface area contributed by atoms with Crippen molar-refractivity contribution in [2.75, 3.05) is 4.90 Å². The Bertz CT molecular complexity index is 5280. The summed E-state index contributed by atoms with van der Waals surface area (Å²) in [7, 11) is 0. The van der Waals surface area contributed by atoms with Gasteiger partial charge in [0, 0.05) is 46.5 Å². The molecule has 0 radical (unpaired) electrons. The van der Waals surface area contributed by atoms with Crippen LogP contribution in [-0.4, -0.2) is 0 Å². The molecule has 0 aliphatic heterocycles. The maximum Gasteiger partial charge on any atom is 0.159 e. The first kappa shape index (κ1) is 17.0. The van der Waals surface area contributed by atoms with E-state index >= 15 is 0 Å². The highest BCUT2D eigenvalue weighted by Gasteiger charge is 2.52. The largest absolute Gasteiger partial charge is 0.453 e. The second-order valence-corrected chi connectivity index (χ2v) is 16.4. The lowest BCUT2D eigenvalue weighted by Gasteiger charge is -2.31. The summed E-state index contributed by atoms with van der Waals surface area (Å²) in [5.41, 5.74) is -16.9. The van der Waals surface area contributed by atoms with E-state index in [9.17, 15) is 30.2 Å². The van der Waals surface area contributed by atoms with Gasteiger partial charge >= 0.3 is 0 Å². The number of fused-ring (bicyclic) bond motifs is 20. The zero-order chi connectivity index (χ0) is 67.9. The normalized spacial score (nSPS) is 24.3. The summed E-state index contributed by atoms with van der Waals surface area (Å²) in [5, 5.41) is -1.21. The van der Waals surface area contributed by atoms with E-state index in [1.165, 1.54) is 6.07 Å². The fraction of sp³-hybridized carbons (Fsp3) is 0.115. The highest BCUT2D eigenvalue weighted by atomic mass is 16.3. The number of furan rings is 1. The molecule has 1 aromatic heterocycles. The van der Waals surface area contributed by atoms with Crippen LogP contribution in [0.4, 0.5) is 17.1 Å². The molecule has 0 bridgehead atoms. The topological polar surface area (TPSA) is 16.4 Å². The molecule has 63 heavy (non-hydrogen) atoms. The number of benzene rings is 9. The third-order valence-corrected chi connectivity index (χ3v) is 13.2. The highest BCUT2D eigenvalue weighted by Crippen LogP contribution is 2.65. The summed E-state index contributed by atoms with van der Waals surface area (Å²) >= 11 is 0. The van der Waals surface area contributed by atoms with Crippen molar-refractivity contribution >= 4 is 39.0 Å². The molecule has 0 N–H and O–H groups in total. The van der Waals surface area contributed by atoms with Gasteiger partial charge in [0.1, 0.15) is 5.58 Å². The molecule has 4 aliphatic carbocycles. The molecule has 10 aromatic rings. The van der Waals surface area contributed by atoms with E-state index in [1.54, 1.807) is 30.3 Å². The maximum absolute atomic E-state index is 10.3. The fourth-order valence-electron chi connectivity index (χ4n) is 10.6. The van der Waals surface area contributed by atoms with Gasteiger partial charge in [0.15, 0.2) is 5.58 Å².